The Kier molecular flexibility index (Phi) is 9.73. The van der Waals surface area contributed by atoms with E-state index in [9.17, 15) is 0 Å². The number of alkyl halides is 1. The van der Waals surface area contributed by atoms with E-state index < -0.39 is 24.2 Å². The van der Waals surface area contributed by atoms with Gasteiger partial charge >= 0.3 is 190 Å². The van der Waals surface area contributed by atoms with Crippen LogP contribution in [0.3, 0.4) is 0 Å². The standard InChI is InChI=1S/C13H20FN2O.3C4H9.Sn/c1-10-9-15-11(12(2,3)4)16(10)13(14)5-7-17-8-6-13;3*1-3-4-2;/h5-8H2,1-4H3;3*1,3-4H2,2H3;. The normalized spacial score (nSPS) is 17.5. The van der Waals surface area contributed by atoms with Crippen LogP contribution in [0.1, 0.15) is 104 Å². The molecule has 0 saturated carbocycles. The van der Waals surface area contributed by atoms with Gasteiger partial charge in [-0.1, -0.05) is 0 Å². The molecule has 5 heteroatoms. The molecule has 2 rings (SSSR count). The van der Waals surface area contributed by atoms with E-state index >= 15 is 4.39 Å². The number of rotatable bonds is 11. The molecule has 1 aliphatic rings. The van der Waals surface area contributed by atoms with Gasteiger partial charge in [-0.15, -0.1) is 0 Å². The van der Waals surface area contributed by atoms with Gasteiger partial charge in [-0.2, -0.15) is 0 Å². The summed E-state index contributed by atoms with van der Waals surface area (Å²) < 4.78 is 29.5. The minimum atomic E-state index is -2.75. The van der Waals surface area contributed by atoms with Crippen molar-refractivity contribution in [2.75, 3.05) is 13.2 Å². The third kappa shape index (κ3) is 5.82. The summed E-state index contributed by atoms with van der Waals surface area (Å²) >= 11 is -2.75. The molecule has 174 valence electrons. The second-order valence-electron chi connectivity index (χ2n) is 10.6. The molecule has 1 aliphatic heterocycles. The number of nitrogens with zero attached hydrogens (tertiary/aromatic N) is 2. The van der Waals surface area contributed by atoms with E-state index in [1.54, 1.807) is 0 Å². The molecule has 0 aliphatic carbocycles. The molecule has 2 heterocycles. The summed E-state index contributed by atoms with van der Waals surface area (Å²) in [6.07, 6.45) is 8.51. The van der Waals surface area contributed by atoms with Gasteiger partial charge in [0.05, 0.1) is 0 Å². The first-order chi connectivity index (χ1) is 14.1. The third-order valence-electron chi connectivity index (χ3n) is 6.97. The van der Waals surface area contributed by atoms with Gasteiger partial charge in [0.2, 0.25) is 0 Å². The van der Waals surface area contributed by atoms with Crippen molar-refractivity contribution in [2.24, 2.45) is 0 Å². The fourth-order valence-electron chi connectivity index (χ4n) is 5.18. The van der Waals surface area contributed by atoms with E-state index in [1.807, 2.05) is 4.57 Å². The Morgan fingerprint density at radius 1 is 0.967 bits per heavy atom. The second-order valence-corrected chi connectivity index (χ2v) is 23.5. The third-order valence-corrected chi connectivity index (χ3v) is 22.4. The molecule has 1 aromatic heterocycles. The molecule has 0 N–H and O–H groups in total. The van der Waals surface area contributed by atoms with E-state index in [1.165, 1.54) is 55.5 Å². The Bertz CT molecular complexity index is 637. The van der Waals surface area contributed by atoms with Crippen LogP contribution in [0, 0.1) is 6.92 Å². The molecular weight excluding hydrogens is 482 g/mol. The van der Waals surface area contributed by atoms with Crippen LogP contribution in [0.4, 0.5) is 4.39 Å². The molecule has 0 radical (unpaired) electrons. The summed E-state index contributed by atoms with van der Waals surface area (Å²) in [5.74, 6) is -0.390. The predicted molar refractivity (Wildman–Crippen MR) is 129 cm³/mol. The van der Waals surface area contributed by atoms with Gasteiger partial charge in [-0.25, -0.2) is 0 Å². The SMILES string of the molecule is CCC[CH2][Sn]([CH2]CCC)([CH2]CCC)[c]1nc(C(C)(C)C)n(C2(F)CCOCC2)c1C. The summed E-state index contributed by atoms with van der Waals surface area (Å²) in [7, 11) is 0. The molecule has 1 fully saturated rings. The van der Waals surface area contributed by atoms with Crippen molar-refractivity contribution >= 4 is 22.1 Å². The van der Waals surface area contributed by atoms with E-state index in [0.717, 1.165) is 11.5 Å². The van der Waals surface area contributed by atoms with Crippen LogP contribution in [0.5, 0.6) is 0 Å². The van der Waals surface area contributed by atoms with E-state index in [4.69, 9.17) is 9.72 Å². The van der Waals surface area contributed by atoms with Gasteiger partial charge in [0.15, 0.2) is 0 Å². The Hall–Kier alpha value is -0.101. The van der Waals surface area contributed by atoms with Crippen molar-refractivity contribution in [1.82, 2.24) is 9.55 Å². The molecular formula is C25H47FN2OSn. The zero-order valence-corrected chi connectivity index (χ0v) is 23.7. The fraction of sp³-hybridized carbons (Fsp3) is 0.880. The zero-order chi connectivity index (χ0) is 22.4. The number of hydrogen-bond acceptors (Lipinski definition) is 2. The Morgan fingerprint density at radius 2 is 1.43 bits per heavy atom. The average molecular weight is 529 g/mol. The minimum absolute atomic E-state index is 0.168. The van der Waals surface area contributed by atoms with E-state index in [0.29, 0.717) is 26.1 Å². The van der Waals surface area contributed by atoms with Crippen LogP contribution in [0.25, 0.3) is 0 Å². The number of imidazole rings is 1. The Balaban J connectivity index is 2.67. The summed E-state index contributed by atoms with van der Waals surface area (Å²) in [5.41, 5.74) is 0.988. The number of ether oxygens (including phenoxy) is 1. The molecule has 0 bridgehead atoms. The average Bonchev–Trinajstić information content (AvgIpc) is 3.07. The molecule has 1 aromatic rings. The number of aromatic nitrogens is 2. The first-order valence-corrected chi connectivity index (χ1v) is 20.0. The predicted octanol–water partition coefficient (Wildman–Crippen LogP) is 6.98. The van der Waals surface area contributed by atoms with Gasteiger partial charge in [0.25, 0.3) is 0 Å². The monoisotopic (exact) mass is 530 g/mol. The number of unbranched alkanes of at least 4 members (excludes halogenated alkanes) is 3. The Labute approximate surface area is 189 Å². The van der Waals surface area contributed by atoms with Crippen LogP contribution >= 0.6 is 0 Å². The summed E-state index contributed by atoms with van der Waals surface area (Å²) in [6, 6.07) is 0. The first kappa shape index (κ1) is 26.2. The molecule has 0 unspecified atom stereocenters. The van der Waals surface area contributed by atoms with E-state index in [2.05, 4.69) is 48.5 Å². The molecule has 0 spiro atoms. The van der Waals surface area contributed by atoms with Gasteiger partial charge in [-0.05, 0) is 0 Å². The van der Waals surface area contributed by atoms with Crippen molar-refractivity contribution in [1.29, 1.82) is 0 Å². The summed E-state index contributed by atoms with van der Waals surface area (Å²) in [4.78, 5) is 5.41. The molecule has 0 amide bonds. The van der Waals surface area contributed by atoms with Crippen LogP contribution in [-0.2, 0) is 15.9 Å². The van der Waals surface area contributed by atoms with Gasteiger partial charge in [0, 0.05) is 0 Å². The molecule has 30 heavy (non-hydrogen) atoms. The van der Waals surface area contributed by atoms with Crippen molar-refractivity contribution in [2.45, 2.75) is 124 Å². The van der Waals surface area contributed by atoms with Gasteiger partial charge < -0.3 is 0 Å². The van der Waals surface area contributed by atoms with Crippen molar-refractivity contribution in [3.8, 4) is 0 Å². The van der Waals surface area contributed by atoms with Crippen LogP contribution in [0.15, 0.2) is 0 Å². The fourth-order valence-corrected chi connectivity index (χ4v) is 21.7. The Morgan fingerprint density at radius 3 is 1.83 bits per heavy atom. The van der Waals surface area contributed by atoms with Crippen LogP contribution in [-0.4, -0.2) is 41.1 Å². The van der Waals surface area contributed by atoms with Crippen LogP contribution < -0.4 is 3.71 Å². The van der Waals surface area contributed by atoms with Crippen LogP contribution in [0.2, 0.25) is 13.3 Å². The molecule has 0 atom stereocenters. The maximum absolute atomic E-state index is 16.4. The second kappa shape index (κ2) is 11.2. The first-order valence-electron chi connectivity index (χ1n) is 12.5. The molecule has 3 nitrogen and oxygen atoms in total. The topological polar surface area (TPSA) is 27.1 Å². The molecule has 1 saturated heterocycles. The summed E-state index contributed by atoms with van der Waals surface area (Å²) in [6.45, 7) is 16.7. The quantitative estimate of drug-likeness (QED) is 0.290. The van der Waals surface area contributed by atoms with Gasteiger partial charge in [0.1, 0.15) is 0 Å². The van der Waals surface area contributed by atoms with Crippen molar-refractivity contribution in [3.63, 3.8) is 0 Å². The van der Waals surface area contributed by atoms with Crippen molar-refractivity contribution < 1.29 is 9.13 Å². The van der Waals surface area contributed by atoms with Gasteiger partial charge in [-0.3, -0.25) is 0 Å². The van der Waals surface area contributed by atoms with Crippen molar-refractivity contribution in [3.05, 3.63) is 11.5 Å². The zero-order valence-electron chi connectivity index (χ0n) is 20.9. The van der Waals surface area contributed by atoms with E-state index in [-0.39, 0.29) is 5.41 Å². The molecule has 0 aromatic carbocycles. The maximum atomic E-state index is 16.4. The summed E-state index contributed by atoms with van der Waals surface area (Å²) in [5, 5.41) is 0. The number of hydrogen-bond donors (Lipinski definition) is 0. The number of halogens is 1.